The second kappa shape index (κ2) is 9.55. The largest absolute Gasteiger partial charge is 0.497 e. The highest BCUT2D eigenvalue weighted by Crippen LogP contribution is 2.29. The van der Waals surface area contributed by atoms with Crippen molar-refractivity contribution in [3.63, 3.8) is 0 Å². The molecule has 0 bridgehead atoms. The van der Waals surface area contributed by atoms with Gasteiger partial charge < -0.3 is 15.0 Å². The Morgan fingerprint density at radius 2 is 1.87 bits per heavy atom. The molecule has 1 atom stereocenters. The molecule has 0 unspecified atom stereocenters. The predicted octanol–water partition coefficient (Wildman–Crippen LogP) is 2.66. The Labute approximate surface area is 152 Å². The summed E-state index contributed by atoms with van der Waals surface area (Å²) < 4.78 is 3.41. The molecular formula is C15H22Cl3N3O2. The molecule has 0 fully saturated rings. The molecule has 130 valence electrons. The van der Waals surface area contributed by atoms with Gasteiger partial charge in [-0.1, -0.05) is 34.8 Å². The maximum Gasteiger partial charge on any atom is 0.252 e. The Kier molecular flexibility index (Phi) is 8.44. The van der Waals surface area contributed by atoms with Crippen molar-refractivity contribution in [3.8, 4) is 5.75 Å². The van der Waals surface area contributed by atoms with Crippen LogP contribution in [0, 0.1) is 0 Å². The van der Waals surface area contributed by atoms with Crippen molar-refractivity contribution in [3.05, 3.63) is 29.8 Å². The maximum atomic E-state index is 12.3. The van der Waals surface area contributed by atoms with Crippen LogP contribution >= 0.6 is 34.8 Å². The Morgan fingerprint density at radius 3 is 2.35 bits per heavy atom. The van der Waals surface area contributed by atoms with Gasteiger partial charge >= 0.3 is 0 Å². The molecule has 1 aromatic carbocycles. The van der Waals surface area contributed by atoms with E-state index >= 15 is 0 Å². The summed E-state index contributed by atoms with van der Waals surface area (Å²) in [6, 6.07) is 6.69. The molecule has 2 N–H and O–H groups in total. The number of carbonyl (C=O) groups is 1. The number of halogens is 3. The van der Waals surface area contributed by atoms with Gasteiger partial charge in [0, 0.05) is 5.56 Å². The topological polar surface area (TPSA) is 53.6 Å². The second-order valence-corrected chi connectivity index (χ2v) is 7.66. The highest BCUT2D eigenvalue weighted by atomic mass is 35.6. The molecule has 23 heavy (non-hydrogen) atoms. The lowest BCUT2D eigenvalue weighted by Crippen LogP contribution is -2.53. The lowest BCUT2D eigenvalue weighted by Gasteiger charge is -2.27. The molecule has 0 saturated heterocycles. The fraction of sp³-hybridized carbons (Fsp3) is 0.533. The Bertz CT molecular complexity index is 490. The third-order valence-corrected chi connectivity index (χ3v) is 3.74. The molecule has 0 aliphatic rings. The molecule has 0 aliphatic heterocycles. The molecule has 1 rings (SSSR count). The average Bonchev–Trinajstić information content (AvgIpc) is 2.48. The second-order valence-electron chi connectivity index (χ2n) is 5.29. The number of methoxy groups -OCH3 is 1. The molecule has 1 aromatic rings. The number of ether oxygens (including phenoxy) is 1. The SMILES string of the molecule is COc1ccc(C(=O)N[C@H](NCCCN(C)C)C(Cl)(Cl)Cl)cc1. The van der Waals surface area contributed by atoms with Gasteiger partial charge in [0.2, 0.25) is 3.79 Å². The maximum absolute atomic E-state index is 12.3. The Balaban J connectivity index is 2.63. The minimum atomic E-state index is -1.65. The number of hydrogen-bond acceptors (Lipinski definition) is 4. The first-order chi connectivity index (χ1) is 10.7. The van der Waals surface area contributed by atoms with Crippen LogP contribution in [0.4, 0.5) is 0 Å². The zero-order valence-electron chi connectivity index (χ0n) is 13.4. The zero-order chi connectivity index (χ0) is 17.5. The summed E-state index contributed by atoms with van der Waals surface area (Å²) in [6.45, 7) is 1.51. The summed E-state index contributed by atoms with van der Waals surface area (Å²) in [6.07, 6.45) is 0.0760. The summed E-state index contributed by atoms with van der Waals surface area (Å²) in [5.41, 5.74) is 0.458. The quantitative estimate of drug-likeness (QED) is 0.412. The van der Waals surface area contributed by atoms with Crippen LogP contribution in [0.5, 0.6) is 5.75 Å². The van der Waals surface area contributed by atoms with E-state index in [4.69, 9.17) is 39.5 Å². The number of benzene rings is 1. The molecule has 0 radical (unpaired) electrons. The molecule has 0 saturated carbocycles. The van der Waals surface area contributed by atoms with Crippen molar-refractivity contribution in [1.82, 2.24) is 15.5 Å². The van der Waals surface area contributed by atoms with Crippen LogP contribution in [0.25, 0.3) is 0 Å². The minimum absolute atomic E-state index is 0.330. The van der Waals surface area contributed by atoms with Crippen molar-refractivity contribution in [2.75, 3.05) is 34.3 Å². The number of hydrogen-bond donors (Lipinski definition) is 2. The van der Waals surface area contributed by atoms with Crippen LogP contribution in [0.15, 0.2) is 24.3 Å². The van der Waals surface area contributed by atoms with E-state index in [0.29, 0.717) is 17.9 Å². The zero-order valence-corrected chi connectivity index (χ0v) is 15.7. The Morgan fingerprint density at radius 1 is 1.26 bits per heavy atom. The molecule has 8 heteroatoms. The van der Waals surface area contributed by atoms with Crippen molar-refractivity contribution < 1.29 is 9.53 Å². The molecular weight excluding hydrogens is 361 g/mol. The van der Waals surface area contributed by atoms with E-state index in [2.05, 4.69) is 15.5 Å². The first-order valence-electron chi connectivity index (χ1n) is 7.14. The monoisotopic (exact) mass is 381 g/mol. The first-order valence-corrected chi connectivity index (χ1v) is 8.27. The Hall–Kier alpha value is -0.720. The third-order valence-electron chi connectivity index (χ3n) is 3.09. The van der Waals surface area contributed by atoms with Gasteiger partial charge in [-0.2, -0.15) is 0 Å². The molecule has 0 heterocycles. The molecule has 5 nitrogen and oxygen atoms in total. The van der Waals surface area contributed by atoms with Gasteiger partial charge in [0.15, 0.2) is 0 Å². The summed E-state index contributed by atoms with van der Waals surface area (Å²) in [5, 5.41) is 5.76. The van der Waals surface area contributed by atoms with Crippen LogP contribution in [0.2, 0.25) is 0 Å². The van der Waals surface area contributed by atoms with Crippen molar-refractivity contribution in [2.45, 2.75) is 16.4 Å². The first kappa shape index (κ1) is 20.3. The lowest BCUT2D eigenvalue weighted by molar-refractivity contribution is 0.0929. The van der Waals surface area contributed by atoms with Crippen LogP contribution in [0.1, 0.15) is 16.8 Å². The standard InChI is InChI=1S/C15H22Cl3N3O2/c1-21(2)10-4-9-19-14(15(16,17)18)20-13(22)11-5-7-12(23-3)8-6-11/h5-8,14,19H,4,9-10H2,1-3H3,(H,20,22)/t14-/m0/s1. The van der Waals surface area contributed by atoms with Crippen LogP contribution in [-0.2, 0) is 0 Å². The molecule has 0 spiro atoms. The summed E-state index contributed by atoms with van der Waals surface area (Å²) >= 11 is 17.8. The van der Waals surface area contributed by atoms with E-state index in [9.17, 15) is 4.79 Å². The average molecular weight is 383 g/mol. The number of alkyl halides is 3. The third kappa shape index (κ3) is 7.59. The smallest absolute Gasteiger partial charge is 0.252 e. The number of amides is 1. The van der Waals surface area contributed by atoms with Crippen molar-refractivity contribution >= 4 is 40.7 Å². The van der Waals surface area contributed by atoms with Gasteiger partial charge in [0.1, 0.15) is 11.9 Å². The normalized spacial score (nSPS) is 13.0. The number of rotatable bonds is 8. The van der Waals surface area contributed by atoms with E-state index < -0.39 is 9.96 Å². The van der Waals surface area contributed by atoms with E-state index in [1.807, 2.05) is 14.1 Å². The van der Waals surface area contributed by atoms with Gasteiger partial charge in [0.25, 0.3) is 5.91 Å². The summed E-state index contributed by atoms with van der Waals surface area (Å²) in [4.78, 5) is 14.3. The number of nitrogens with one attached hydrogen (secondary N) is 2. The fourth-order valence-corrected chi connectivity index (χ4v) is 2.24. The molecule has 1 amide bonds. The highest BCUT2D eigenvalue weighted by molar-refractivity contribution is 6.68. The fourth-order valence-electron chi connectivity index (χ4n) is 1.85. The van der Waals surface area contributed by atoms with Crippen LogP contribution in [0.3, 0.4) is 0 Å². The van der Waals surface area contributed by atoms with E-state index in [-0.39, 0.29) is 5.91 Å². The molecule has 0 aliphatic carbocycles. The van der Waals surface area contributed by atoms with Crippen molar-refractivity contribution in [2.24, 2.45) is 0 Å². The van der Waals surface area contributed by atoms with Gasteiger partial charge in [-0.3, -0.25) is 10.1 Å². The predicted molar refractivity (Wildman–Crippen MR) is 95.7 cm³/mol. The molecule has 0 aromatic heterocycles. The van der Waals surface area contributed by atoms with Crippen molar-refractivity contribution in [1.29, 1.82) is 0 Å². The highest BCUT2D eigenvalue weighted by Gasteiger charge is 2.33. The van der Waals surface area contributed by atoms with Crippen LogP contribution < -0.4 is 15.4 Å². The van der Waals surface area contributed by atoms with E-state index in [1.165, 1.54) is 0 Å². The number of carbonyl (C=O) groups excluding carboxylic acids is 1. The van der Waals surface area contributed by atoms with Crippen LogP contribution in [-0.4, -0.2) is 55.1 Å². The van der Waals surface area contributed by atoms with Gasteiger partial charge in [-0.25, -0.2) is 0 Å². The van der Waals surface area contributed by atoms with Gasteiger partial charge in [-0.15, -0.1) is 0 Å². The van der Waals surface area contributed by atoms with E-state index in [0.717, 1.165) is 13.0 Å². The number of nitrogens with zero attached hydrogens (tertiary/aromatic N) is 1. The van der Waals surface area contributed by atoms with E-state index in [1.54, 1.807) is 31.4 Å². The minimum Gasteiger partial charge on any atom is -0.497 e. The summed E-state index contributed by atoms with van der Waals surface area (Å²) in [7, 11) is 5.53. The summed E-state index contributed by atoms with van der Waals surface area (Å²) in [5.74, 6) is 0.338. The van der Waals surface area contributed by atoms with Gasteiger partial charge in [0.05, 0.1) is 7.11 Å². The lowest BCUT2D eigenvalue weighted by atomic mass is 10.2. The van der Waals surface area contributed by atoms with Gasteiger partial charge in [-0.05, 0) is 57.9 Å².